The van der Waals surface area contributed by atoms with Gasteiger partial charge in [-0.3, -0.25) is 14.5 Å². The van der Waals surface area contributed by atoms with E-state index in [1.54, 1.807) is 24.3 Å². The normalized spacial score (nSPS) is 24.3. The zero-order valence-electron chi connectivity index (χ0n) is 12.3. The second-order valence-electron chi connectivity index (χ2n) is 5.50. The maximum absolute atomic E-state index is 14.4. The number of amides is 2. The van der Waals surface area contributed by atoms with E-state index >= 15 is 0 Å². The van der Waals surface area contributed by atoms with Crippen LogP contribution in [0.3, 0.4) is 0 Å². The summed E-state index contributed by atoms with van der Waals surface area (Å²) in [5, 5.41) is 3.08. The predicted octanol–water partition coefficient (Wildman–Crippen LogP) is 1.51. The molecule has 0 unspecified atom stereocenters. The molecule has 2 aliphatic heterocycles. The van der Waals surface area contributed by atoms with Crippen LogP contribution in [0.2, 0.25) is 0 Å². The third-order valence-corrected chi connectivity index (χ3v) is 3.87. The van der Waals surface area contributed by atoms with Crippen molar-refractivity contribution in [2.45, 2.75) is 13.0 Å². The van der Waals surface area contributed by atoms with Gasteiger partial charge in [0.15, 0.2) is 0 Å². The number of ether oxygens (including phenoxy) is 1. The highest BCUT2D eigenvalue weighted by Gasteiger charge is 2.36. The number of halogens is 1. The summed E-state index contributed by atoms with van der Waals surface area (Å²) >= 11 is 0. The molecular formula is C16H17FN2O3. The maximum Gasteiger partial charge on any atom is 0.261 e. The van der Waals surface area contributed by atoms with Crippen LogP contribution < -0.4 is 5.32 Å². The molecule has 1 fully saturated rings. The van der Waals surface area contributed by atoms with Crippen molar-refractivity contribution in [2.24, 2.45) is 0 Å². The first kappa shape index (κ1) is 14.9. The minimum Gasteiger partial charge on any atom is -0.373 e. The lowest BCUT2D eigenvalue weighted by atomic mass is 10.1. The fourth-order valence-corrected chi connectivity index (χ4v) is 2.59. The Morgan fingerprint density at radius 3 is 2.59 bits per heavy atom. The molecule has 2 heterocycles. The maximum atomic E-state index is 14.4. The molecule has 22 heavy (non-hydrogen) atoms. The predicted molar refractivity (Wildman–Crippen MR) is 78.2 cm³/mol. The van der Waals surface area contributed by atoms with Gasteiger partial charge in [-0.25, -0.2) is 4.39 Å². The summed E-state index contributed by atoms with van der Waals surface area (Å²) < 4.78 is 19.9. The lowest BCUT2D eigenvalue weighted by molar-refractivity contribution is 0.0655. The summed E-state index contributed by atoms with van der Waals surface area (Å²) in [6.07, 6.45) is 0.00426. The Kier molecular flexibility index (Phi) is 4.04. The molecule has 0 bridgehead atoms. The van der Waals surface area contributed by atoms with Crippen LogP contribution in [0.25, 0.3) is 0 Å². The lowest BCUT2D eigenvalue weighted by Gasteiger charge is -2.14. The highest BCUT2D eigenvalue weighted by Crippen LogP contribution is 2.24. The van der Waals surface area contributed by atoms with Crippen molar-refractivity contribution < 1.29 is 18.7 Å². The molecule has 0 aliphatic carbocycles. The average molecular weight is 304 g/mol. The Labute approximate surface area is 127 Å². The average Bonchev–Trinajstić information content (AvgIpc) is 2.69. The number of nitrogens with zero attached hydrogens (tertiary/aromatic N) is 1. The van der Waals surface area contributed by atoms with Gasteiger partial charge in [0.25, 0.3) is 11.8 Å². The summed E-state index contributed by atoms with van der Waals surface area (Å²) in [5.41, 5.74) is 1.10. The summed E-state index contributed by atoms with van der Waals surface area (Å²) in [4.78, 5) is 25.4. The van der Waals surface area contributed by atoms with Gasteiger partial charge in [-0.1, -0.05) is 12.1 Å². The Morgan fingerprint density at radius 1 is 1.32 bits per heavy atom. The van der Waals surface area contributed by atoms with Gasteiger partial charge in [-0.2, -0.15) is 0 Å². The highest BCUT2D eigenvalue weighted by atomic mass is 19.1. The molecule has 0 spiro atoms. The fraction of sp³-hybridized carbons (Fsp3) is 0.375. The number of benzene rings is 1. The van der Waals surface area contributed by atoms with Crippen molar-refractivity contribution in [3.8, 4) is 0 Å². The fourth-order valence-electron chi connectivity index (χ4n) is 2.59. The number of carbonyl (C=O) groups is 2. The molecule has 1 saturated heterocycles. The molecule has 1 N–H and O–H groups in total. The summed E-state index contributed by atoms with van der Waals surface area (Å²) in [5.74, 6) is -1.39. The Balaban J connectivity index is 1.79. The van der Waals surface area contributed by atoms with E-state index in [9.17, 15) is 14.0 Å². The molecule has 3 rings (SSSR count). The van der Waals surface area contributed by atoms with Crippen LogP contribution >= 0.6 is 0 Å². The van der Waals surface area contributed by atoms with Crippen LogP contribution in [-0.4, -0.2) is 49.1 Å². The first-order valence-electron chi connectivity index (χ1n) is 7.22. The monoisotopic (exact) mass is 304 g/mol. The van der Waals surface area contributed by atoms with Gasteiger partial charge in [-0.15, -0.1) is 0 Å². The Bertz CT molecular complexity index is 622. The molecular weight excluding hydrogens is 287 g/mol. The standard InChI is InChI=1S/C16H17FN2O3/c1-10-6-18-7-11(9-22-10)14(17)8-19-15(20)12-4-2-3-5-13(12)16(19)21/h2-5,10,18H,6-9H2,1H3/b14-11+/t10-/m1/s1. The number of carbonyl (C=O) groups excluding carboxylic acids is 2. The van der Waals surface area contributed by atoms with Crippen LogP contribution in [0.1, 0.15) is 27.6 Å². The van der Waals surface area contributed by atoms with Crippen LogP contribution in [0.15, 0.2) is 35.7 Å². The van der Waals surface area contributed by atoms with E-state index in [1.807, 2.05) is 6.92 Å². The summed E-state index contributed by atoms with van der Waals surface area (Å²) in [6, 6.07) is 6.54. The lowest BCUT2D eigenvalue weighted by Crippen LogP contribution is -2.32. The van der Waals surface area contributed by atoms with Crippen molar-refractivity contribution in [1.29, 1.82) is 0 Å². The number of hydrogen-bond donors (Lipinski definition) is 1. The third-order valence-electron chi connectivity index (χ3n) is 3.87. The molecule has 1 aromatic rings. The second-order valence-corrected chi connectivity index (χ2v) is 5.50. The molecule has 1 aromatic carbocycles. The minimum absolute atomic E-state index is 0.00426. The van der Waals surface area contributed by atoms with E-state index in [-0.39, 0.29) is 19.3 Å². The number of rotatable bonds is 2. The van der Waals surface area contributed by atoms with E-state index in [0.717, 1.165) is 4.90 Å². The minimum atomic E-state index is -0.490. The van der Waals surface area contributed by atoms with Crippen LogP contribution in [0.5, 0.6) is 0 Å². The number of fused-ring (bicyclic) bond motifs is 1. The molecule has 0 aromatic heterocycles. The molecule has 1 atom stereocenters. The molecule has 5 nitrogen and oxygen atoms in total. The van der Waals surface area contributed by atoms with Gasteiger partial charge in [-0.05, 0) is 19.1 Å². The van der Waals surface area contributed by atoms with Gasteiger partial charge in [0.2, 0.25) is 0 Å². The molecule has 0 saturated carbocycles. The van der Waals surface area contributed by atoms with Crippen LogP contribution in [0, 0.1) is 0 Å². The van der Waals surface area contributed by atoms with E-state index in [0.29, 0.717) is 29.8 Å². The molecule has 2 aliphatic rings. The zero-order valence-corrected chi connectivity index (χ0v) is 12.3. The van der Waals surface area contributed by atoms with Crippen molar-refractivity contribution in [3.63, 3.8) is 0 Å². The topological polar surface area (TPSA) is 58.6 Å². The van der Waals surface area contributed by atoms with Gasteiger partial charge in [0.1, 0.15) is 5.83 Å². The molecule has 116 valence electrons. The molecule has 0 radical (unpaired) electrons. The van der Waals surface area contributed by atoms with Crippen molar-refractivity contribution in [1.82, 2.24) is 10.2 Å². The first-order valence-corrected chi connectivity index (χ1v) is 7.22. The highest BCUT2D eigenvalue weighted by molar-refractivity contribution is 6.21. The van der Waals surface area contributed by atoms with Gasteiger partial charge < -0.3 is 10.1 Å². The largest absolute Gasteiger partial charge is 0.373 e. The van der Waals surface area contributed by atoms with E-state index in [4.69, 9.17) is 4.74 Å². The van der Waals surface area contributed by atoms with E-state index < -0.39 is 17.6 Å². The summed E-state index contributed by atoms with van der Waals surface area (Å²) in [6.45, 7) is 2.73. The van der Waals surface area contributed by atoms with Crippen LogP contribution in [0.4, 0.5) is 4.39 Å². The van der Waals surface area contributed by atoms with Gasteiger partial charge >= 0.3 is 0 Å². The van der Waals surface area contributed by atoms with Gasteiger partial charge in [0, 0.05) is 18.7 Å². The van der Waals surface area contributed by atoms with Crippen molar-refractivity contribution in [2.75, 3.05) is 26.2 Å². The van der Waals surface area contributed by atoms with Crippen molar-refractivity contribution in [3.05, 3.63) is 46.8 Å². The van der Waals surface area contributed by atoms with E-state index in [2.05, 4.69) is 5.32 Å². The first-order chi connectivity index (χ1) is 10.6. The van der Waals surface area contributed by atoms with Crippen molar-refractivity contribution >= 4 is 11.8 Å². The van der Waals surface area contributed by atoms with Crippen LogP contribution in [-0.2, 0) is 4.74 Å². The van der Waals surface area contributed by atoms with E-state index in [1.165, 1.54) is 0 Å². The Morgan fingerprint density at radius 2 is 1.95 bits per heavy atom. The third kappa shape index (κ3) is 2.67. The smallest absolute Gasteiger partial charge is 0.261 e. The number of imide groups is 1. The molecule has 2 amide bonds. The number of hydrogen-bond acceptors (Lipinski definition) is 4. The Hall–Kier alpha value is -2.05. The second kappa shape index (κ2) is 5.98. The SMILES string of the molecule is C[C@@H]1CNC/C(=C(\F)CN2C(=O)c3ccccc3C2=O)CO1. The van der Waals surface area contributed by atoms with Gasteiger partial charge in [0.05, 0.1) is 30.4 Å². The quantitative estimate of drug-likeness (QED) is 0.842. The number of nitrogens with one attached hydrogen (secondary N) is 1. The molecule has 6 heteroatoms. The zero-order chi connectivity index (χ0) is 15.7. The summed E-state index contributed by atoms with van der Waals surface area (Å²) in [7, 11) is 0.